The maximum Gasteiger partial charge on any atom is 0.291 e. The van der Waals surface area contributed by atoms with Gasteiger partial charge < -0.3 is 15.0 Å². The zero-order chi connectivity index (χ0) is 14.8. The van der Waals surface area contributed by atoms with Gasteiger partial charge in [-0.2, -0.15) is 5.10 Å². The quantitative estimate of drug-likeness (QED) is 0.868. The first-order valence-electron chi connectivity index (χ1n) is 7.44. The second kappa shape index (κ2) is 6.34. The molecule has 1 unspecified atom stereocenters. The van der Waals surface area contributed by atoms with Gasteiger partial charge in [0.2, 0.25) is 0 Å². The van der Waals surface area contributed by atoms with Crippen LogP contribution in [-0.4, -0.2) is 49.2 Å². The Morgan fingerprint density at radius 3 is 3.05 bits per heavy atom. The second-order valence-electron chi connectivity index (χ2n) is 5.85. The van der Waals surface area contributed by atoms with Crippen LogP contribution in [0.5, 0.6) is 0 Å². The van der Waals surface area contributed by atoms with Crippen LogP contribution in [0.4, 0.5) is 5.69 Å². The smallest absolute Gasteiger partial charge is 0.291 e. The van der Waals surface area contributed by atoms with Crippen LogP contribution >= 0.6 is 11.6 Å². The van der Waals surface area contributed by atoms with E-state index in [1.54, 1.807) is 6.20 Å². The Hall–Kier alpha value is -1.11. The first-order valence-corrected chi connectivity index (χ1v) is 7.82. The van der Waals surface area contributed by atoms with Crippen LogP contribution in [0.25, 0.3) is 0 Å². The van der Waals surface area contributed by atoms with Gasteiger partial charge in [-0.15, -0.1) is 0 Å². The molecule has 0 amide bonds. The first kappa shape index (κ1) is 14.8. The molecule has 1 N–H and O–H groups in total. The Morgan fingerprint density at radius 2 is 2.38 bits per heavy atom. The van der Waals surface area contributed by atoms with Gasteiger partial charge in [-0.05, 0) is 18.8 Å². The fraction of sp³-hybridized carbons (Fsp3) is 0.714. The van der Waals surface area contributed by atoms with E-state index in [2.05, 4.69) is 10.4 Å². The summed E-state index contributed by atoms with van der Waals surface area (Å²) in [6, 6.07) is 0. The van der Waals surface area contributed by atoms with E-state index in [0.717, 1.165) is 13.1 Å². The lowest BCUT2D eigenvalue weighted by Crippen LogP contribution is -2.45. The molecule has 0 aromatic carbocycles. The van der Waals surface area contributed by atoms with Crippen molar-refractivity contribution in [3.05, 3.63) is 21.6 Å². The summed E-state index contributed by atoms with van der Waals surface area (Å²) < 4.78 is 7.22. The molecule has 7 heteroatoms. The molecule has 1 aliphatic heterocycles. The van der Waals surface area contributed by atoms with Gasteiger partial charge in [-0.3, -0.25) is 4.79 Å². The minimum Gasteiger partial charge on any atom is -0.374 e. The molecule has 0 spiro atoms. The lowest BCUT2D eigenvalue weighted by molar-refractivity contribution is 0.0340. The zero-order valence-corrected chi connectivity index (χ0v) is 13.0. The highest BCUT2D eigenvalue weighted by molar-refractivity contribution is 6.33. The molecular formula is C14H21ClN4O2. The minimum atomic E-state index is -0.110. The molecule has 2 heterocycles. The largest absolute Gasteiger partial charge is 0.374 e. The molecule has 1 aromatic heterocycles. The summed E-state index contributed by atoms with van der Waals surface area (Å²) in [4.78, 5) is 14.4. The maximum absolute atomic E-state index is 12.6. The Balaban J connectivity index is 1.76. The van der Waals surface area contributed by atoms with Gasteiger partial charge in [0.25, 0.3) is 5.56 Å². The van der Waals surface area contributed by atoms with Crippen molar-refractivity contribution < 1.29 is 4.74 Å². The number of anilines is 1. The summed E-state index contributed by atoms with van der Waals surface area (Å²) in [6.07, 6.45) is 4.01. The number of rotatable bonds is 5. The highest BCUT2D eigenvalue weighted by atomic mass is 35.5. The van der Waals surface area contributed by atoms with Crippen LogP contribution < -0.4 is 15.8 Å². The molecule has 2 aliphatic rings. The van der Waals surface area contributed by atoms with Crippen LogP contribution in [0.3, 0.4) is 0 Å². The topological polar surface area (TPSA) is 59.4 Å². The van der Waals surface area contributed by atoms with E-state index < -0.39 is 0 Å². The lowest BCUT2D eigenvalue weighted by Gasteiger charge is -2.29. The van der Waals surface area contributed by atoms with Crippen molar-refractivity contribution in [2.45, 2.75) is 25.5 Å². The third-order valence-electron chi connectivity index (χ3n) is 3.97. The fourth-order valence-corrected chi connectivity index (χ4v) is 2.88. The summed E-state index contributed by atoms with van der Waals surface area (Å²) in [5.74, 6) is 0.598. The third kappa shape index (κ3) is 3.56. The standard InChI is InChI=1S/C14H21ClN4O2/c1-18(9-11-6-16-4-5-21-11)13-12(15)7-17-19(14(13)20)8-10-2-3-10/h7,10-11,16H,2-6,8-9H2,1H3. The van der Waals surface area contributed by atoms with Crippen LogP contribution in [0, 0.1) is 5.92 Å². The van der Waals surface area contributed by atoms with Gasteiger partial charge >= 0.3 is 0 Å². The molecule has 116 valence electrons. The van der Waals surface area contributed by atoms with Gasteiger partial charge in [-0.25, -0.2) is 4.68 Å². The van der Waals surface area contributed by atoms with Gasteiger partial charge in [0, 0.05) is 33.2 Å². The molecule has 3 rings (SSSR count). The number of nitrogens with zero attached hydrogens (tertiary/aromatic N) is 3. The molecule has 1 aliphatic carbocycles. The number of hydrogen-bond donors (Lipinski definition) is 1. The van der Waals surface area contributed by atoms with Crippen molar-refractivity contribution in [2.24, 2.45) is 5.92 Å². The summed E-state index contributed by atoms with van der Waals surface area (Å²) in [6.45, 7) is 3.70. The zero-order valence-electron chi connectivity index (χ0n) is 12.2. The van der Waals surface area contributed by atoms with E-state index in [9.17, 15) is 4.79 Å². The molecule has 6 nitrogen and oxygen atoms in total. The maximum atomic E-state index is 12.6. The summed E-state index contributed by atoms with van der Waals surface area (Å²) in [5.41, 5.74) is 0.405. The van der Waals surface area contributed by atoms with Crippen molar-refractivity contribution in [3.63, 3.8) is 0 Å². The monoisotopic (exact) mass is 312 g/mol. The van der Waals surface area contributed by atoms with E-state index in [0.29, 0.717) is 36.3 Å². The summed E-state index contributed by atoms with van der Waals surface area (Å²) in [7, 11) is 1.88. The number of morpholine rings is 1. The highest BCUT2D eigenvalue weighted by Crippen LogP contribution is 2.30. The van der Waals surface area contributed by atoms with Crippen molar-refractivity contribution in [1.29, 1.82) is 0 Å². The van der Waals surface area contributed by atoms with Crippen LogP contribution in [0.2, 0.25) is 5.02 Å². The number of ether oxygens (including phenoxy) is 1. The Kier molecular flexibility index (Phi) is 4.47. The van der Waals surface area contributed by atoms with Gasteiger partial charge in [0.1, 0.15) is 5.69 Å². The van der Waals surface area contributed by atoms with Gasteiger partial charge in [0.15, 0.2) is 0 Å². The van der Waals surface area contributed by atoms with E-state index in [-0.39, 0.29) is 11.7 Å². The molecule has 0 bridgehead atoms. The van der Waals surface area contributed by atoms with Crippen LogP contribution in [0.1, 0.15) is 12.8 Å². The van der Waals surface area contributed by atoms with Gasteiger partial charge in [-0.1, -0.05) is 11.6 Å². The van der Waals surface area contributed by atoms with E-state index in [1.165, 1.54) is 17.5 Å². The molecular weight excluding hydrogens is 292 g/mol. The SMILES string of the molecule is CN(CC1CNCCO1)c1c(Cl)cnn(CC2CC2)c1=O. The van der Waals surface area contributed by atoms with E-state index in [4.69, 9.17) is 16.3 Å². The molecule has 1 atom stereocenters. The molecule has 2 fully saturated rings. The number of likely N-dealkylation sites (N-methyl/N-ethyl adjacent to an activating group) is 1. The Morgan fingerprint density at radius 1 is 1.57 bits per heavy atom. The lowest BCUT2D eigenvalue weighted by atomic mass is 10.2. The Bertz CT molecular complexity index is 552. The van der Waals surface area contributed by atoms with Gasteiger partial charge in [0.05, 0.1) is 23.9 Å². The van der Waals surface area contributed by atoms with E-state index >= 15 is 0 Å². The van der Waals surface area contributed by atoms with Crippen LogP contribution in [0.15, 0.2) is 11.0 Å². The highest BCUT2D eigenvalue weighted by Gasteiger charge is 2.25. The average molecular weight is 313 g/mol. The predicted octanol–water partition coefficient (Wildman–Crippen LogP) is 0.731. The fourth-order valence-electron chi connectivity index (χ4n) is 2.61. The van der Waals surface area contributed by atoms with Crippen molar-refractivity contribution in [3.8, 4) is 0 Å². The summed E-state index contributed by atoms with van der Waals surface area (Å²) >= 11 is 6.19. The molecule has 0 radical (unpaired) electrons. The summed E-state index contributed by atoms with van der Waals surface area (Å²) in [5, 5.41) is 7.84. The number of nitrogens with one attached hydrogen (secondary N) is 1. The molecule has 1 saturated heterocycles. The van der Waals surface area contributed by atoms with Crippen molar-refractivity contribution >= 4 is 17.3 Å². The minimum absolute atomic E-state index is 0.0734. The third-order valence-corrected chi connectivity index (χ3v) is 4.24. The van der Waals surface area contributed by atoms with Crippen LogP contribution in [-0.2, 0) is 11.3 Å². The number of halogens is 1. The Labute approximate surface area is 129 Å². The number of aromatic nitrogens is 2. The normalized spacial score (nSPS) is 22.3. The predicted molar refractivity (Wildman–Crippen MR) is 82.1 cm³/mol. The molecule has 1 aromatic rings. The van der Waals surface area contributed by atoms with Crippen molar-refractivity contribution in [1.82, 2.24) is 15.1 Å². The first-order chi connectivity index (χ1) is 10.1. The average Bonchev–Trinajstić information content (AvgIpc) is 3.27. The number of hydrogen-bond acceptors (Lipinski definition) is 5. The molecule has 1 saturated carbocycles. The van der Waals surface area contributed by atoms with Crippen molar-refractivity contribution in [2.75, 3.05) is 38.2 Å². The second-order valence-corrected chi connectivity index (χ2v) is 6.26. The molecule has 21 heavy (non-hydrogen) atoms. The van der Waals surface area contributed by atoms with E-state index in [1.807, 2.05) is 11.9 Å².